The number of amides is 1. The molecule has 1 N–H and O–H groups in total. The molecule has 2 rings (SSSR count). The zero-order chi connectivity index (χ0) is 13.3. The summed E-state index contributed by atoms with van der Waals surface area (Å²) in [7, 11) is 1.66. The molecule has 0 bridgehead atoms. The van der Waals surface area contributed by atoms with Crippen LogP contribution in [0.25, 0.3) is 0 Å². The summed E-state index contributed by atoms with van der Waals surface area (Å²) in [6, 6.07) is -0.0998. The van der Waals surface area contributed by atoms with Crippen LogP contribution >= 0.6 is 11.6 Å². The summed E-state index contributed by atoms with van der Waals surface area (Å²) < 4.78 is 6.57. The van der Waals surface area contributed by atoms with E-state index in [-0.39, 0.29) is 29.3 Å². The van der Waals surface area contributed by atoms with E-state index < -0.39 is 5.97 Å². The maximum absolute atomic E-state index is 11.9. The average molecular weight is 272 g/mol. The second-order valence-corrected chi connectivity index (χ2v) is 4.63. The lowest BCUT2D eigenvalue weighted by Crippen LogP contribution is -2.30. The predicted octanol–water partition coefficient (Wildman–Crippen LogP) is 0.817. The smallest absolute Gasteiger partial charge is 0.343 e. The quantitative estimate of drug-likeness (QED) is 0.826. The molecule has 98 valence electrons. The summed E-state index contributed by atoms with van der Waals surface area (Å²) in [5.74, 6) is -0.515. The van der Waals surface area contributed by atoms with Crippen molar-refractivity contribution in [2.45, 2.75) is 25.8 Å². The fourth-order valence-corrected chi connectivity index (χ4v) is 2.16. The van der Waals surface area contributed by atoms with Gasteiger partial charge in [-0.25, -0.2) is 4.79 Å². The minimum atomic E-state index is -0.508. The summed E-state index contributed by atoms with van der Waals surface area (Å²) in [5, 5.41) is 7.02. The zero-order valence-electron chi connectivity index (χ0n) is 10.2. The molecule has 7 heteroatoms. The Morgan fingerprint density at radius 2 is 2.39 bits per heavy atom. The van der Waals surface area contributed by atoms with E-state index in [0.717, 1.165) is 0 Å². The Kier molecular flexibility index (Phi) is 3.56. The van der Waals surface area contributed by atoms with Gasteiger partial charge in [-0.05, 0) is 13.3 Å². The highest BCUT2D eigenvalue weighted by Gasteiger charge is 2.25. The molecule has 1 atom stereocenters. The molecule has 1 aliphatic heterocycles. The number of nitrogens with zero attached hydrogens (tertiary/aromatic N) is 2. The van der Waals surface area contributed by atoms with Crippen molar-refractivity contribution >= 4 is 23.5 Å². The molecule has 0 aromatic carbocycles. The first kappa shape index (κ1) is 12.9. The number of carbonyl (C=O) groups excluding carboxylic acids is 2. The Morgan fingerprint density at radius 1 is 1.67 bits per heavy atom. The molecule has 1 amide bonds. The minimum absolute atomic E-state index is 0.00774. The van der Waals surface area contributed by atoms with Crippen LogP contribution in [0.2, 0.25) is 5.15 Å². The largest absolute Gasteiger partial charge is 0.460 e. The fraction of sp³-hybridized carbons (Fsp3) is 0.545. The molecule has 6 nitrogen and oxygen atoms in total. The van der Waals surface area contributed by atoms with Gasteiger partial charge in [-0.3, -0.25) is 9.48 Å². The van der Waals surface area contributed by atoms with Crippen LogP contribution in [0.4, 0.5) is 0 Å². The number of esters is 1. The van der Waals surface area contributed by atoms with Gasteiger partial charge in [-0.15, -0.1) is 0 Å². The topological polar surface area (TPSA) is 73.2 Å². The molecular weight excluding hydrogens is 258 g/mol. The zero-order valence-corrected chi connectivity index (χ0v) is 11.0. The summed E-state index contributed by atoms with van der Waals surface area (Å²) in [6.07, 6.45) is 1.17. The van der Waals surface area contributed by atoms with E-state index in [1.165, 1.54) is 4.68 Å². The van der Waals surface area contributed by atoms with E-state index in [4.69, 9.17) is 16.3 Å². The molecule has 1 fully saturated rings. The molecule has 0 radical (unpaired) electrons. The molecular formula is C11H14ClN3O3. The van der Waals surface area contributed by atoms with Gasteiger partial charge in [-0.2, -0.15) is 5.10 Å². The third-order valence-corrected chi connectivity index (χ3v) is 3.29. The standard InChI is InChI=1S/C11H14ClN3O3/c1-6-9(10(12)15(2)14-6)11(17)18-5-7-3-4-8(16)13-7/h7H,3-5H2,1-2H3,(H,13,16). The lowest BCUT2D eigenvalue weighted by molar-refractivity contribution is -0.119. The van der Waals surface area contributed by atoms with E-state index in [1.807, 2.05) is 0 Å². The van der Waals surface area contributed by atoms with E-state index in [9.17, 15) is 9.59 Å². The lowest BCUT2D eigenvalue weighted by atomic mass is 10.2. The van der Waals surface area contributed by atoms with Crippen molar-refractivity contribution in [3.63, 3.8) is 0 Å². The van der Waals surface area contributed by atoms with E-state index in [1.54, 1.807) is 14.0 Å². The average Bonchev–Trinajstić information content (AvgIpc) is 2.82. The first-order valence-electron chi connectivity index (χ1n) is 5.64. The Balaban J connectivity index is 1.97. The van der Waals surface area contributed by atoms with Crippen molar-refractivity contribution < 1.29 is 14.3 Å². The number of halogens is 1. The summed E-state index contributed by atoms with van der Waals surface area (Å²) in [4.78, 5) is 22.9. The molecule has 1 aromatic heterocycles. The molecule has 1 aliphatic rings. The second-order valence-electron chi connectivity index (χ2n) is 4.28. The van der Waals surface area contributed by atoms with Gasteiger partial charge in [0.25, 0.3) is 0 Å². The van der Waals surface area contributed by atoms with Gasteiger partial charge in [0.1, 0.15) is 17.3 Å². The Morgan fingerprint density at radius 3 is 2.89 bits per heavy atom. The van der Waals surface area contributed by atoms with Gasteiger partial charge in [0.05, 0.1) is 11.7 Å². The summed E-state index contributed by atoms with van der Waals surface area (Å²) in [6.45, 7) is 1.86. The number of ether oxygens (including phenoxy) is 1. The summed E-state index contributed by atoms with van der Waals surface area (Å²) >= 11 is 5.96. The molecule has 2 heterocycles. The minimum Gasteiger partial charge on any atom is -0.460 e. The maximum Gasteiger partial charge on any atom is 0.343 e. The Hall–Kier alpha value is -1.56. The van der Waals surface area contributed by atoms with Gasteiger partial charge < -0.3 is 10.1 Å². The van der Waals surface area contributed by atoms with Gasteiger partial charge in [-0.1, -0.05) is 11.6 Å². The molecule has 1 saturated heterocycles. The van der Waals surface area contributed by atoms with Crippen LogP contribution in [0.3, 0.4) is 0 Å². The molecule has 0 spiro atoms. The number of carbonyl (C=O) groups is 2. The van der Waals surface area contributed by atoms with Crippen LogP contribution in [-0.2, 0) is 16.6 Å². The van der Waals surface area contributed by atoms with Crippen LogP contribution in [0.5, 0.6) is 0 Å². The SMILES string of the molecule is Cc1nn(C)c(Cl)c1C(=O)OCC1CCC(=O)N1. The molecule has 1 unspecified atom stereocenters. The van der Waals surface area contributed by atoms with Crippen molar-refractivity contribution in [1.29, 1.82) is 0 Å². The van der Waals surface area contributed by atoms with Crippen molar-refractivity contribution in [3.05, 3.63) is 16.4 Å². The van der Waals surface area contributed by atoms with Crippen LogP contribution in [0, 0.1) is 6.92 Å². The second kappa shape index (κ2) is 4.97. The number of rotatable bonds is 3. The van der Waals surface area contributed by atoms with Crippen molar-refractivity contribution in [2.24, 2.45) is 7.05 Å². The molecule has 1 aromatic rings. The number of nitrogens with one attached hydrogen (secondary N) is 1. The van der Waals surface area contributed by atoms with Crippen molar-refractivity contribution in [2.75, 3.05) is 6.61 Å². The van der Waals surface area contributed by atoms with Crippen LogP contribution in [0.15, 0.2) is 0 Å². The van der Waals surface area contributed by atoms with Gasteiger partial charge in [0.15, 0.2) is 0 Å². The number of hydrogen-bond acceptors (Lipinski definition) is 4. The maximum atomic E-state index is 11.9. The highest BCUT2D eigenvalue weighted by atomic mass is 35.5. The summed E-state index contributed by atoms with van der Waals surface area (Å²) in [5.41, 5.74) is 0.812. The van der Waals surface area contributed by atoms with Gasteiger partial charge >= 0.3 is 5.97 Å². The lowest BCUT2D eigenvalue weighted by Gasteiger charge is -2.10. The monoisotopic (exact) mass is 271 g/mol. The van der Waals surface area contributed by atoms with Crippen molar-refractivity contribution in [3.8, 4) is 0 Å². The highest BCUT2D eigenvalue weighted by molar-refractivity contribution is 6.32. The third kappa shape index (κ3) is 2.48. The Bertz CT molecular complexity index is 498. The number of hydrogen-bond donors (Lipinski definition) is 1. The van der Waals surface area contributed by atoms with Crippen LogP contribution < -0.4 is 5.32 Å². The highest BCUT2D eigenvalue weighted by Crippen LogP contribution is 2.20. The molecule has 18 heavy (non-hydrogen) atoms. The molecule has 0 aliphatic carbocycles. The van der Waals surface area contributed by atoms with Gasteiger partial charge in [0, 0.05) is 13.5 Å². The first-order valence-corrected chi connectivity index (χ1v) is 6.02. The third-order valence-electron chi connectivity index (χ3n) is 2.86. The first-order chi connectivity index (χ1) is 8.49. The van der Waals surface area contributed by atoms with E-state index >= 15 is 0 Å². The number of aryl methyl sites for hydroxylation is 2. The van der Waals surface area contributed by atoms with E-state index in [2.05, 4.69) is 10.4 Å². The van der Waals surface area contributed by atoms with Crippen LogP contribution in [0.1, 0.15) is 28.9 Å². The van der Waals surface area contributed by atoms with E-state index in [0.29, 0.717) is 18.5 Å². The Labute approximate surface area is 109 Å². The van der Waals surface area contributed by atoms with Crippen LogP contribution in [-0.4, -0.2) is 34.3 Å². The molecule has 0 saturated carbocycles. The fourth-order valence-electron chi connectivity index (χ4n) is 1.91. The normalized spacial score (nSPS) is 18.8. The predicted molar refractivity (Wildman–Crippen MR) is 64.4 cm³/mol. The number of aromatic nitrogens is 2. The van der Waals surface area contributed by atoms with Crippen molar-refractivity contribution in [1.82, 2.24) is 15.1 Å². The van der Waals surface area contributed by atoms with Gasteiger partial charge in [0.2, 0.25) is 5.91 Å².